The van der Waals surface area contributed by atoms with Crippen molar-refractivity contribution in [2.45, 2.75) is 56.9 Å². The number of anilines is 1. The monoisotopic (exact) mass is 739 g/mol. The number of aliphatic hydroxyl groups excluding tert-OH is 1. The number of esters is 1. The predicted molar refractivity (Wildman–Crippen MR) is 183 cm³/mol. The molecule has 268 valence electrons. The van der Waals surface area contributed by atoms with E-state index in [0.717, 1.165) is 0 Å². The second-order valence-corrected chi connectivity index (χ2v) is 14.6. The number of carbonyl (C=O) groups is 3. The summed E-state index contributed by atoms with van der Waals surface area (Å²) in [5.74, 6) is -2.19. The van der Waals surface area contributed by atoms with Crippen molar-refractivity contribution in [3.8, 4) is 0 Å². The van der Waals surface area contributed by atoms with Gasteiger partial charge in [-0.15, -0.1) is 22.0 Å². The van der Waals surface area contributed by atoms with Gasteiger partial charge < -0.3 is 24.8 Å². The number of rotatable bonds is 12. The van der Waals surface area contributed by atoms with E-state index < -0.39 is 51.9 Å². The van der Waals surface area contributed by atoms with Gasteiger partial charge in [-0.2, -0.15) is 0 Å². The molecule has 19 heteroatoms. The summed E-state index contributed by atoms with van der Waals surface area (Å²) in [6, 6.07) is 10.3. The number of fused-ring (bicyclic) bond motifs is 1. The highest BCUT2D eigenvalue weighted by Crippen LogP contribution is 2.53. The number of aliphatic hydroxyl groups is 1. The summed E-state index contributed by atoms with van der Waals surface area (Å²) in [5, 5.41) is 44.7. The van der Waals surface area contributed by atoms with Gasteiger partial charge in [0.1, 0.15) is 23.9 Å². The zero-order chi connectivity index (χ0) is 36.6. The van der Waals surface area contributed by atoms with Crippen LogP contribution in [-0.2, 0) is 32.3 Å². The third-order valence-electron chi connectivity index (χ3n) is 9.06. The Hall–Kier alpha value is -5.14. The highest BCUT2D eigenvalue weighted by molar-refractivity contribution is 8.03. The van der Waals surface area contributed by atoms with Crippen LogP contribution in [0.15, 0.2) is 59.1 Å². The van der Waals surface area contributed by atoms with Gasteiger partial charge in [0.15, 0.2) is 0 Å². The third kappa shape index (κ3) is 7.08. The summed E-state index contributed by atoms with van der Waals surface area (Å²) < 4.78 is 11.3. The van der Waals surface area contributed by atoms with Crippen molar-refractivity contribution in [3.63, 3.8) is 0 Å². The van der Waals surface area contributed by atoms with Crippen LogP contribution in [0, 0.1) is 32.1 Å². The summed E-state index contributed by atoms with van der Waals surface area (Å²) in [7, 11) is 1.70. The highest BCUT2D eigenvalue weighted by Gasteiger charge is 2.60. The number of nitrogens with one attached hydrogen (secondary N) is 1. The van der Waals surface area contributed by atoms with Crippen LogP contribution in [0.3, 0.4) is 0 Å². The number of aromatic nitrogens is 2. The first-order valence-corrected chi connectivity index (χ1v) is 17.6. The highest BCUT2D eigenvalue weighted by atomic mass is 32.2. The lowest BCUT2D eigenvalue weighted by molar-refractivity contribution is -0.385. The molecule has 0 bridgehead atoms. The Morgan fingerprint density at radius 1 is 1.04 bits per heavy atom. The number of ether oxygens (including phenoxy) is 2. The first-order chi connectivity index (χ1) is 24.4. The number of benzene rings is 2. The number of thioether (sulfide) groups is 1. The van der Waals surface area contributed by atoms with Gasteiger partial charge in [0.25, 0.3) is 11.4 Å². The van der Waals surface area contributed by atoms with E-state index >= 15 is 0 Å². The van der Waals surface area contributed by atoms with E-state index in [1.807, 2.05) is 6.92 Å². The number of amides is 2. The maximum atomic E-state index is 13.7. The largest absolute Gasteiger partial charge is 0.456 e. The Morgan fingerprint density at radius 2 is 1.63 bits per heavy atom. The predicted octanol–water partition coefficient (Wildman–Crippen LogP) is 4.39. The molecule has 1 aromatic heterocycles. The van der Waals surface area contributed by atoms with E-state index in [9.17, 15) is 39.7 Å². The van der Waals surface area contributed by atoms with E-state index in [-0.39, 0.29) is 48.0 Å². The zero-order valence-electron chi connectivity index (χ0n) is 27.5. The van der Waals surface area contributed by atoms with Crippen molar-refractivity contribution >= 4 is 57.6 Å². The number of likely N-dealkylation sites (tertiary alicyclic amines) is 1. The van der Waals surface area contributed by atoms with Crippen LogP contribution in [0.25, 0.3) is 0 Å². The number of carbonyl (C=O) groups excluding carboxylic acids is 3. The van der Waals surface area contributed by atoms with Crippen LogP contribution in [0.4, 0.5) is 21.3 Å². The Morgan fingerprint density at radius 3 is 2.16 bits per heavy atom. The van der Waals surface area contributed by atoms with Crippen LogP contribution < -0.4 is 5.32 Å². The number of hydrogen-bond donors (Lipinski definition) is 2. The Labute approximate surface area is 298 Å². The van der Waals surface area contributed by atoms with E-state index in [4.69, 9.17) is 9.47 Å². The van der Waals surface area contributed by atoms with E-state index in [2.05, 4.69) is 15.5 Å². The summed E-state index contributed by atoms with van der Waals surface area (Å²) in [5.41, 5.74) is 0.960. The lowest BCUT2D eigenvalue weighted by Crippen LogP contribution is -2.63. The molecule has 2 fully saturated rings. The lowest BCUT2D eigenvalue weighted by atomic mass is 9.79. The molecule has 3 aliphatic heterocycles. The van der Waals surface area contributed by atoms with Crippen LogP contribution in [-0.4, -0.2) is 83.9 Å². The van der Waals surface area contributed by atoms with Gasteiger partial charge in [0.2, 0.25) is 11.0 Å². The summed E-state index contributed by atoms with van der Waals surface area (Å²) in [6.45, 7) is 3.30. The minimum atomic E-state index is -0.946. The second kappa shape index (κ2) is 14.6. The minimum absolute atomic E-state index is 0.0745. The molecule has 0 unspecified atom stereocenters. The Bertz CT molecular complexity index is 1890. The van der Waals surface area contributed by atoms with Crippen molar-refractivity contribution in [1.82, 2.24) is 20.0 Å². The van der Waals surface area contributed by atoms with Crippen molar-refractivity contribution in [2.75, 3.05) is 18.9 Å². The molecule has 6 rings (SSSR count). The van der Waals surface area contributed by atoms with Crippen molar-refractivity contribution in [2.24, 2.45) is 11.8 Å². The lowest BCUT2D eigenvalue weighted by Gasteiger charge is -2.46. The van der Waals surface area contributed by atoms with E-state index in [1.54, 1.807) is 7.05 Å². The van der Waals surface area contributed by atoms with Gasteiger partial charge in [-0.3, -0.25) is 29.9 Å². The number of β-lactam (4-membered cyclic amide) rings is 1. The maximum Gasteiger partial charge on any atom is 0.410 e. The van der Waals surface area contributed by atoms with Crippen LogP contribution in [0.1, 0.15) is 42.4 Å². The van der Waals surface area contributed by atoms with Crippen molar-refractivity contribution in [3.05, 3.63) is 95.5 Å². The molecule has 4 heterocycles. The first-order valence-electron chi connectivity index (χ1n) is 15.9. The Balaban J connectivity index is 1.23. The molecule has 3 aromatic rings. The van der Waals surface area contributed by atoms with Gasteiger partial charge >= 0.3 is 12.1 Å². The van der Waals surface area contributed by atoms with Gasteiger partial charge in [-0.05, 0) is 48.7 Å². The summed E-state index contributed by atoms with van der Waals surface area (Å²) in [4.78, 5) is 65.0. The molecule has 17 nitrogen and oxygen atoms in total. The average molecular weight is 740 g/mol. The van der Waals surface area contributed by atoms with Gasteiger partial charge in [-0.1, -0.05) is 18.3 Å². The molecule has 2 saturated heterocycles. The van der Waals surface area contributed by atoms with E-state index in [1.165, 1.54) is 88.4 Å². The number of non-ortho nitro benzene ring substituents is 2. The smallest absolute Gasteiger partial charge is 0.410 e. The van der Waals surface area contributed by atoms with Crippen molar-refractivity contribution < 1.29 is 38.8 Å². The zero-order valence-corrected chi connectivity index (χ0v) is 29.2. The summed E-state index contributed by atoms with van der Waals surface area (Å²) >= 11 is 2.64. The molecule has 0 radical (unpaired) electrons. The number of nitro benzene ring substituents is 2. The molecular formula is C32H33N7O10S2. The number of hydrogen-bond acceptors (Lipinski definition) is 15. The molecule has 0 aliphatic carbocycles. The molecule has 0 saturated carbocycles. The van der Waals surface area contributed by atoms with Crippen LogP contribution >= 0.6 is 23.1 Å². The molecule has 2 N–H and O–H groups in total. The first kappa shape index (κ1) is 35.7. The molecule has 51 heavy (non-hydrogen) atoms. The Kier molecular flexibility index (Phi) is 10.2. The normalized spacial score (nSPS) is 23.1. The second-order valence-electron chi connectivity index (χ2n) is 12.3. The van der Waals surface area contributed by atoms with Crippen LogP contribution in [0.2, 0.25) is 0 Å². The average Bonchev–Trinajstić information content (AvgIpc) is 3.82. The van der Waals surface area contributed by atoms with E-state index in [0.29, 0.717) is 32.6 Å². The fourth-order valence-electron chi connectivity index (χ4n) is 6.51. The third-order valence-corrected chi connectivity index (χ3v) is 11.6. The molecule has 2 amide bonds. The quantitative estimate of drug-likeness (QED) is 0.114. The maximum absolute atomic E-state index is 13.7. The minimum Gasteiger partial charge on any atom is -0.456 e. The molecular weight excluding hydrogens is 707 g/mol. The topological polar surface area (TPSA) is 220 Å². The molecule has 3 aliphatic rings. The summed E-state index contributed by atoms with van der Waals surface area (Å²) in [6.07, 6.45) is -1.17. The molecule has 2 aromatic carbocycles. The number of nitro groups is 2. The van der Waals surface area contributed by atoms with Gasteiger partial charge in [-0.25, -0.2) is 9.59 Å². The standard InChI is InChI=1S/C32H33N7O10S2/c1-16-25-24(17(2)40)29(41)37(25)26(30(42)48-14-18-4-8-20(9-5-18)38(44)45)27(16)50-22-12-23(28-34-35-31(33-3)51-28)36(13-22)32(43)49-15-19-6-10-21(11-7-19)39(46)47/h4-11,16-17,22-25,40H,12-15H2,1-3H3,(H,33,35)/t16-,17-,22+,23+,24-,25-/m1/s1. The SMILES string of the molecule is CNc1nnc([C@@H]2C[C@H](SC3=C(C(=O)OCc4ccc([N+](=O)[O-])cc4)N4C(=O)[C@H]([C@@H](C)O)[C@H]4[C@H]3C)CN2C(=O)OCc2ccc([N+](=O)[O-])cc2)s1. The van der Waals surface area contributed by atoms with Gasteiger partial charge in [0, 0.05) is 53.9 Å². The molecule has 6 atom stereocenters. The van der Waals surface area contributed by atoms with Crippen LogP contribution in [0.5, 0.6) is 0 Å². The molecule has 0 spiro atoms. The fraction of sp³-hybridized carbons (Fsp3) is 0.406. The number of nitrogens with zero attached hydrogens (tertiary/aromatic N) is 6. The fourth-order valence-corrected chi connectivity index (χ4v) is 8.85. The van der Waals surface area contributed by atoms with Crippen molar-refractivity contribution in [1.29, 1.82) is 0 Å². The van der Waals surface area contributed by atoms with Gasteiger partial charge in [0.05, 0.1) is 34.0 Å².